The summed E-state index contributed by atoms with van der Waals surface area (Å²) in [5, 5.41) is 10.3. The van der Waals surface area contributed by atoms with Gasteiger partial charge in [-0.3, -0.25) is 0 Å². The summed E-state index contributed by atoms with van der Waals surface area (Å²) in [6, 6.07) is 0. The summed E-state index contributed by atoms with van der Waals surface area (Å²) < 4.78 is -0.714. The van der Waals surface area contributed by atoms with Crippen LogP contribution in [-0.2, 0) is 5.11 Å². The predicted molar refractivity (Wildman–Crippen MR) is 32.7 cm³/mol. The average molecular weight is 154 g/mol. The lowest BCUT2D eigenvalue weighted by molar-refractivity contribution is 0.139. The van der Waals surface area contributed by atoms with Gasteiger partial charge in [0, 0.05) is 5.41 Å². The largest absolute Gasteiger partial charge is 0.236 e. The van der Waals surface area contributed by atoms with Crippen LogP contribution in [-0.4, -0.2) is 10.9 Å². The van der Waals surface area contributed by atoms with Gasteiger partial charge in [0.25, 0.3) is 0 Å². The van der Waals surface area contributed by atoms with Crippen LogP contribution in [0.25, 0.3) is 0 Å². The van der Waals surface area contributed by atoms with Crippen LogP contribution in [0, 0.1) is 5.41 Å². The van der Waals surface area contributed by atoms with E-state index in [1.807, 2.05) is 0 Å². The van der Waals surface area contributed by atoms with Crippen LogP contribution < -0.4 is 0 Å². The van der Waals surface area contributed by atoms with E-state index in [-0.39, 0.29) is 12.0 Å². The van der Waals surface area contributed by atoms with Gasteiger partial charge in [0.05, 0.1) is 6.61 Å². The molecular weight excluding hydrogens is 147 g/mol. The monoisotopic (exact) mass is 153 g/mol. The molecule has 1 aliphatic carbocycles. The van der Waals surface area contributed by atoms with Gasteiger partial charge in [-0.15, -0.1) is 23.2 Å². The van der Waals surface area contributed by atoms with E-state index in [0.29, 0.717) is 6.42 Å². The normalized spacial score (nSPS) is 42.0. The SMILES string of the molecule is CC1(C[O])CC1(Cl)Cl. The molecule has 0 aromatic carbocycles. The van der Waals surface area contributed by atoms with Gasteiger partial charge in [-0.05, 0) is 6.42 Å². The molecule has 0 aromatic heterocycles. The minimum atomic E-state index is -0.714. The highest BCUT2D eigenvalue weighted by atomic mass is 35.5. The van der Waals surface area contributed by atoms with E-state index in [1.54, 1.807) is 6.92 Å². The Kier molecular flexibility index (Phi) is 1.27. The van der Waals surface area contributed by atoms with Crippen molar-refractivity contribution in [1.82, 2.24) is 0 Å². The zero-order chi connectivity index (χ0) is 6.41. The van der Waals surface area contributed by atoms with Gasteiger partial charge in [-0.2, -0.15) is 0 Å². The van der Waals surface area contributed by atoms with Crippen LogP contribution in [0.1, 0.15) is 13.3 Å². The minimum Gasteiger partial charge on any atom is -0.236 e. The molecule has 0 aromatic rings. The first-order valence-corrected chi connectivity index (χ1v) is 3.23. The highest BCUT2D eigenvalue weighted by molar-refractivity contribution is 6.51. The van der Waals surface area contributed by atoms with E-state index >= 15 is 0 Å². The molecule has 1 rings (SSSR count). The average Bonchev–Trinajstić information content (AvgIpc) is 2.10. The molecule has 0 saturated heterocycles. The first-order chi connectivity index (χ1) is 3.52. The van der Waals surface area contributed by atoms with Crippen molar-refractivity contribution in [1.29, 1.82) is 0 Å². The summed E-state index contributed by atoms with van der Waals surface area (Å²) in [5.41, 5.74) is -0.337. The van der Waals surface area contributed by atoms with Crippen molar-refractivity contribution in [2.75, 3.05) is 6.61 Å². The van der Waals surface area contributed by atoms with E-state index < -0.39 is 4.33 Å². The number of hydrogen-bond acceptors (Lipinski definition) is 0. The topological polar surface area (TPSA) is 19.9 Å². The van der Waals surface area contributed by atoms with Gasteiger partial charge >= 0.3 is 0 Å². The third kappa shape index (κ3) is 0.734. The lowest BCUT2D eigenvalue weighted by Gasteiger charge is -2.03. The molecule has 0 aliphatic heterocycles. The molecule has 0 amide bonds. The van der Waals surface area contributed by atoms with E-state index in [4.69, 9.17) is 23.2 Å². The lowest BCUT2D eigenvalue weighted by Crippen LogP contribution is -2.07. The van der Waals surface area contributed by atoms with E-state index in [2.05, 4.69) is 0 Å². The van der Waals surface area contributed by atoms with Crippen molar-refractivity contribution in [3.8, 4) is 0 Å². The molecule has 1 radical (unpaired) electrons. The summed E-state index contributed by atoms with van der Waals surface area (Å²) in [6.45, 7) is 1.64. The Balaban J connectivity index is 2.55. The van der Waals surface area contributed by atoms with Crippen molar-refractivity contribution in [2.24, 2.45) is 5.41 Å². The fraction of sp³-hybridized carbons (Fsp3) is 1.00. The quantitative estimate of drug-likeness (QED) is 0.514. The maximum absolute atomic E-state index is 10.3. The van der Waals surface area contributed by atoms with Gasteiger partial charge < -0.3 is 0 Å². The molecular formula is C5H7Cl2O. The molecule has 3 heteroatoms. The summed E-state index contributed by atoms with van der Waals surface area (Å²) >= 11 is 11.2. The Bertz CT molecular complexity index is 113. The van der Waals surface area contributed by atoms with Gasteiger partial charge in [-0.25, -0.2) is 5.11 Å². The van der Waals surface area contributed by atoms with Crippen molar-refractivity contribution < 1.29 is 5.11 Å². The minimum absolute atomic E-state index is 0.167. The third-order valence-electron chi connectivity index (χ3n) is 1.69. The highest BCUT2D eigenvalue weighted by Crippen LogP contribution is 2.63. The van der Waals surface area contributed by atoms with Crippen LogP contribution in [0.3, 0.4) is 0 Å². The Morgan fingerprint density at radius 3 is 2.00 bits per heavy atom. The molecule has 1 atom stereocenters. The molecule has 1 saturated carbocycles. The second kappa shape index (κ2) is 1.53. The first-order valence-electron chi connectivity index (χ1n) is 2.48. The molecule has 0 bridgehead atoms. The molecule has 1 unspecified atom stereocenters. The van der Waals surface area contributed by atoms with Gasteiger partial charge in [0.1, 0.15) is 4.33 Å². The number of hydrogen-bond donors (Lipinski definition) is 0. The zero-order valence-corrected chi connectivity index (χ0v) is 6.09. The Hall–Kier alpha value is 0.540. The summed E-state index contributed by atoms with van der Waals surface area (Å²) in [5.74, 6) is 0. The van der Waals surface area contributed by atoms with Crippen LogP contribution >= 0.6 is 23.2 Å². The van der Waals surface area contributed by atoms with Crippen LogP contribution in [0.5, 0.6) is 0 Å². The second-order valence-electron chi connectivity index (χ2n) is 2.59. The van der Waals surface area contributed by atoms with Gasteiger partial charge in [-0.1, -0.05) is 6.92 Å². The maximum Gasteiger partial charge on any atom is 0.126 e. The second-order valence-corrected chi connectivity index (χ2v) is 4.07. The van der Waals surface area contributed by atoms with Crippen molar-refractivity contribution in [3.63, 3.8) is 0 Å². The fourth-order valence-electron chi connectivity index (χ4n) is 0.602. The van der Waals surface area contributed by atoms with Crippen LogP contribution in [0.15, 0.2) is 0 Å². The van der Waals surface area contributed by atoms with Gasteiger partial charge in [0.2, 0.25) is 0 Å². The summed E-state index contributed by atoms with van der Waals surface area (Å²) in [7, 11) is 0. The predicted octanol–water partition coefficient (Wildman–Crippen LogP) is 2.00. The number of rotatable bonds is 1. The molecule has 0 spiro atoms. The molecule has 1 nitrogen and oxygen atoms in total. The van der Waals surface area contributed by atoms with E-state index in [9.17, 15) is 5.11 Å². The lowest BCUT2D eigenvalue weighted by atomic mass is 10.2. The van der Waals surface area contributed by atoms with Crippen LogP contribution in [0.4, 0.5) is 0 Å². The van der Waals surface area contributed by atoms with Crippen molar-refractivity contribution in [2.45, 2.75) is 17.7 Å². The van der Waals surface area contributed by atoms with Crippen molar-refractivity contribution in [3.05, 3.63) is 0 Å². The third-order valence-corrected chi connectivity index (χ3v) is 2.87. The first kappa shape index (κ1) is 6.66. The van der Waals surface area contributed by atoms with Gasteiger partial charge in [0.15, 0.2) is 0 Å². The Morgan fingerprint density at radius 1 is 1.62 bits per heavy atom. The fourth-order valence-corrected chi connectivity index (χ4v) is 1.30. The molecule has 0 N–H and O–H groups in total. The molecule has 1 fully saturated rings. The smallest absolute Gasteiger partial charge is 0.126 e. The van der Waals surface area contributed by atoms with Crippen molar-refractivity contribution >= 4 is 23.2 Å². The number of halogens is 2. The highest BCUT2D eigenvalue weighted by Gasteiger charge is 2.62. The summed E-state index contributed by atoms with van der Waals surface area (Å²) in [4.78, 5) is 0. The molecule has 8 heavy (non-hydrogen) atoms. The standard InChI is InChI=1S/C5H7Cl2O/c1-4(3-8)2-5(4,6)7/h2-3H2,1H3. The van der Waals surface area contributed by atoms with E-state index in [0.717, 1.165) is 0 Å². The molecule has 0 heterocycles. The van der Waals surface area contributed by atoms with E-state index in [1.165, 1.54) is 0 Å². The molecule has 47 valence electrons. The Labute approximate surface area is 58.6 Å². The maximum atomic E-state index is 10.3. The van der Waals surface area contributed by atoms with Crippen LogP contribution in [0.2, 0.25) is 0 Å². The molecule has 1 aliphatic rings. The zero-order valence-electron chi connectivity index (χ0n) is 4.58. The Morgan fingerprint density at radius 2 is 2.00 bits per heavy atom. The number of alkyl halides is 2. The summed E-state index contributed by atoms with van der Waals surface area (Å²) in [6.07, 6.45) is 0.645.